The summed E-state index contributed by atoms with van der Waals surface area (Å²) in [6, 6.07) is 31.1. The van der Waals surface area contributed by atoms with Gasteiger partial charge in [-0.05, 0) is 96.0 Å². The normalized spacial score (nSPS) is 18.1. The molecule has 2 amide bonds. The van der Waals surface area contributed by atoms with E-state index in [-0.39, 0.29) is 29.8 Å². The summed E-state index contributed by atoms with van der Waals surface area (Å²) in [5.41, 5.74) is 8.36. The van der Waals surface area contributed by atoms with Crippen LogP contribution in [0.4, 0.5) is 11.5 Å². The number of aromatic amines is 1. The third kappa shape index (κ3) is 6.61. The minimum absolute atomic E-state index is 0.00530. The van der Waals surface area contributed by atoms with Crippen molar-refractivity contribution in [2.75, 3.05) is 23.3 Å². The first-order chi connectivity index (χ1) is 27.3. The number of H-pyrrole nitrogens is 1. The highest BCUT2D eigenvalue weighted by Crippen LogP contribution is 2.53. The number of anilines is 2. The standard InChI is InChI=1S/C45H39Cl2N7O2/c1-27-9-8-22-54-41(29-14-16-30(46)17-15-29)33-25-31(47)26-36-38(33)39(42(54)37(27)28-10-3-2-4-11-28)40(51-36)45(56)52-34-13-7-21-49-43(34)53-23-18-32(19-24-53)50-44(55)35-12-5-6-20-48-35/h2-8,10-17,20-22,25-27,32,41,51H,9,18-19,23-24H2,1H3,(H,50,55)(H,52,56). The van der Waals surface area contributed by atoms with E-state index in [0.29, 0.717) is 46.0 Å². The number of carbonyl (C=O) groups is 2. The van der Waals surface area contributed by atoms with Gasteiger partial charge in [-0.15, -0.1) is 0 Å². The van der Waals surface area contributed by atoms with Crippen LogP contribution in [0.2, 0.25) is 10.0 Å². The summed E-state index contributed by atoms with van der Waals surface area (Å²) >= 11 is 13.3. The quantitative estimate of drug-likeness (QED) is 0.149. The van der Waals surface area contributed by atoms with Crippen molar-refractivity contribution < 1.29 is 9.59 Å². The number of hydrogen-bond acceptors (Lipinski definition) is 6. The SMILES string of the molecule is CC1CC=CN2C(=C1c1ccccc1)c1c(C(=O)Nc3cccnc3N3CCC(NC(=O)c4ccccn4)CC3)[nH]c3cc(Cl)cc(c13)C2c1ccc(Cl)cc1. The predicted molar refractivity (Wildman–Crippen MR) is 224 cm³/mol. The number of fused-ring (bicyclic) bond motifs is 2. The molecule has 56 heavy (non-hydrogen) atoms. The average Bonchev–Trinajstić information content (AvgIpc) is 3.51. The van der Waals surface area contributed by atoms with Gasteiger partial charge in [0.25, 0.3) is 11.8 Å². The molecule has 0 bridgehead atoms. The van der Waals surface area contributed by atoms with Gasteiger partial charge in [0, 0.05) is 64.2 Å². The Hall–Kier alpha value is -5.90. The number of allylic oxidation sites excluding steroid dienone is 2. The maximum Gasteiger partial charge on any atom is 0.272 e. The molecule has 6 aromatic rings. The Balaban J connectivity index is 1.11. The van der Waals surface area contributed by atoms with Crippen LogP contribution in [0, 0.1) is 5.92 Å². The Morgan fingerprint density at radius 1 is 0.839 bits per heavy atom. The Morgan fingerprint density at radius 2 is 1.61 bits per heavy atom. The molecular formula is C45H39Cl2N7O2. The van der Waals surface area contributed by atoms with Gasteiger partial charge in [0.1, 0.15) is 11.4 Å². The number of halogens is 2. The number of nitrogens with one attached hydrogen (secondary N) is 3. The molecule has 3 aliphatic heterocycles. The fraction of sp³-hybridized carbons (Fsp3) is 0.200. The van der Waals surface area contributed by atoms with Gasteiger partial charge >= 0.3 is 0 Å². The van der Waals surface area contributed by atoms with E-state index < -0.39 is 0 Å². The Labute approximate surface area is 335 Å². The first-order valence-electron chi connectivity index (χ1n) is 18.9. The van der Waals surface area contributed by atoms with Gasteiger partial charge in [-0.3, -0.25) is 14.6 Å². The van der Waals surface area contributed by atoms with Gasteiger partial charge in [0.15, 0.2) is 5.82 Å². The molecule has 6 heterocycles. The number of rotatable bonds is 7. The molecule has 9 rings (SSSR count). The van der Waals surface area contributed by atoms with Crippen molar-refractivity contribution in [3.05, 3.63) is 165 Å². The van der Waals surface area contributed by atoms with Crippen molar-refractivity contribution in [1.82, 2.24) is 25.2 Å². The van der Waals surface area contributed by atoms with Crippen LogP contribution in [0.1, 0.15) is 75.5 Å². The van der Waals surface area contributed by atoms with E-state index in [4.69, 9.17) is 28.2 Å². The van der Waals surface area contributed by atoms with Crippen LogP contribution in [0.3, 0.4) is 0 Å². The fourth-order valence-electron chi connectivity index (χ4n) is 8.47. The molecule has 1 saturated heterocycles. The molecule has 0 spiro atoms. The van der Waals surface area contributed by atoms with Crippen LogP contribution in [-0.2, 0) is 0 Å². The van der Waals surface area contributed by atoms with Gasteiger partial charge in [0.2, 0.25) is 0 Å². The number of carbonyl (C=O) groups excluding carboxylic acids is 2. The molecule has 2 atom stereocenters. The summed E-state index contributed by atoms with van der Waals surface area (Å²) in [7, 11) is 0. The summed E-state index contributed by atoms with van der Waals surface area (Å²) in [6.07, 6.45) is 10.0. The van der Waals surface area contributed by atoms with Gasteiger partial charge in [-0.25, -0.2) is 4.98 Å². The van der Waals surface area contributed by atoms with Crippen molar-refractivity contribution in [3.63, 3.8) is 0 Å². The molecule has 1 fully saturated rings. The molecule has 9 nitrogen and oxygen atoms in total. The minimum atomic E-state index is -0.282. The molecule has 280 valence electrons. The number of benzene rings is 3. The third-order valence-corrected chi connectivity index (χ3v) is 11.5. The van der Waals surface area contributed by atoms with Crippen molar-refractivity contribution in [3.8, 4) is 0 Å². The highest BCUT2D eigenvalue weighted by molar-refractivity contribution is 6.32. The lowest BCUT2D eigenvalue weighted by Crippen LogP contribution is -2.45. The minimum Gasteiger partial charge on any atom is -0.355 e. The van der Waals surface area contributed by atoms with Crippen molar-refractivity contribution in [1.29, 1.82) is 0 Å². The van der Waals surface area contributed by atoms with E-state index in [0.717, 1.165) is 63.7 Å². The summed E-state index contributed by atoms with van der Waals surface area (Å²) in [5, 5.41) is 8.57. The van der Waals surface area contributed by atoms with Crippen LogP contribution in [0.15, 0.2) is 122 Å². The van der Waals surface area contributed by atoms with Crippen LogP contribution in [0.25, 0.3) is 22.2 Å². The van der Waals surface area contributed by atoms with E-state index in [1.165, 1.54) is 0 Å². The molecule has 3 aromatic carbocycles. The number of pyridine rings is 2. The van der Waals surface area contributed by atoms with Crippen LogP contribution in [-0.4, -0.2) is 50.8 Å². The molecule has 2 unspecified atom stereocenters. The molecule has 3 aliphatic rings. The van der Waals surface area contributed by atoms with E-state index in [2.05, 4.69) is 86.0 Å². The number of nitrogens with zero attached hydrogens (tertiary/aromatic N) is 4. The molecule has 11 heteroatoms. The van der Waals surface area contributed by atoms with Crippen LogP contribution < -0.4 is 15.5 Å². The average molecular weight is 781 g/mol. The van der Waals surface area contributed by atoms with Gasteiger partial charge < -0.3 is 25.4 Å². The second kappa shape index (κ2) is 15.0. The molecule has 3 N–H and O–H groups in total. The zero-order valence-corrected chi connectivity index (χ0v) is 32.2. The molecule has 0 radical (unpaired) electrons. The molecule has 0 saturated carbocycles. The van der Waals surface area contributed by atoms with E-state index in [1.54, 1.807) is 24.5 Å². The Kier molecular flexibility index (Phi) is 9.57. The van der Waals surface area contributed by atoms with Crippen molar-refractivity contribution in [2.45, 2.75) is 38.3 Å². The molecule has 0 aliphatic carbocycles. The topological polar surface area (TPSA) is 106 Å². The van der Waals surface area contributed by atoms with Crippen LogP contribution in [0.5, 0.6) is 0 Å². The second-order valence-corrected chi connectivity index (χ2v) is 15.5. The number of amides is 2. The largest absolute Gasteiger partial charge is 0.355 e. The van der Waals surface area contributed by atoms with E-state index >= 15 is 0 Å². The fourth-order valence-corrected chi connectivity index (χ4v) is 8.82. The summed E-state index contributed by atoms with van der Waals surface area (Å²) in [6.45, 7) is 3.56. The van der Waals surface area contributed by atoms with E-state index in [9.17, 15) is 9.59 Å². The number of piperidine rings is 1. The summed E-state index contributed by atoms with van der Waals surface area (Å²) in [4.78, 5) is 44.6. The molecular weight excluding hydrogens is 741 g/mol. The smallest absolute Gasteiger partial charge is 0.272 e. The Bertz CT molecular complexity index is 2510. The lowest BCUT2D eigenvalue weighted by atomic mass is 9.82. The van der Waals surface area contributed by atoms with E-state index in [1.807, 2.05) is 48.5 Å². The lowest BCUT2D eigenvalue weighted by molar-refractivity contribution is 0.0925. The zero-order valence-electron chi connectivity index (χ0n) is 30.7. The first-order valence-corrected chi connectivity index (χ1v) is 19.7. The summed E-state index contributed by atoms with van der Waals surface area (Å²) < 4.78 is 0. The zero-order chi connectivity index (χ0) is 38.3. The monoisotopic (exact) mass is 779 g/mol. The second-order valence-electron chi connectivity index (χ2n) is 14.6. The highest BCUT2D eigenvalue weighted by atomic mass is 35.5. The summed E-state index contributed by atoms with van der Waals surface area (Å²) in [5.74, 6) is 0.374. The van der Waals surface area contributed by atoms with Crippen LogP contribution >= 0.6 is 23.2 Å². The maximum atomic E-state index is 14.9. The van der Waals surface area contributed by atoms with Gasteiger partial charge in [0.05, 0.1) is 17.4 Å². The van der Waals surface area contributed by atoms with Gasteiger partial charge in [-0.1, -0.05) is 84.7 Å². The predicted octanol–water partition coefficient (Wildman–Crippen LogP) is 9.74. The third-order valence-electron chi connectivity index (χ3n) is 11.0. The lowest BCUT2D eigenvalue weighted by Gasteiger charge is -2.39. The number of aromatic nitrogens is 3. The van der Waals surface area contributed by atoms with Crippen molar-refractivity contribution in [2.24, 2.45) is 5.92 Å². The number of hydrogen-bond donors (Lipinski definition) is 3. The first kappa shape index (κ1) is 35.8. The Morgan fingerprint density at radius 3 is 2.38 bits per heavy atom. The highest BCUT2D eigenvalue weighted by Gasteiger charge is 2.40. The van der Waals surface area contributed by atoms with Gasteiger partial charge in [-0.2, -0.15) is 0 Å². The van der Waals surface area contributed by atoms with Crippen molar-refractivity contribution >= 4 is 68.7 Å². The molecule has 3 aromatic heterocycles. The maximum absolute atomic E-state index is 14.9.